The highest BCUT2D eigenvalue weighted by atomic mass is 35.5. The van der Waals surface area contributed by atoms with E-state index in [-0.39, 0.29) is 21.5 Å². The Morgan fingerprint density at radius 1 is 1.22 bits per heavy atom. The number of aryl methyl sites for hydroxylation is 2. The maximum atomic E-state index is 12.7. The maximum Gasteiger partial charge on any atom is 0.243 e. The lowest BCUT2D eigenvalue weighted by Crippen LogP contribution is -2.27. The molecule has 0 aliphatic rings. The van der Waals surface area contributed by atoms with Crippen LogP contribution in [0.5, 0.6) is 0 Å². The molecule has 5 nitrogen and oxygen atoms in total. The first-order chi connectivity index (χ1) is 10.7. The average molecular weight is 376 g/mol. The molecule has 0 aliphatic heterocycles. The third-order valence-electron chi connectivity index (χ3n) is 3.74. The van der Waals surface area contributed by atoms with Gasteiger partial charge in [-0.1, -0.05) is 30.1 Å². The largest absolute Gasteiger partial charge is 0.272 e. The molecule has 126 valence electrons. The van der Waals surface area contributed by atoms with Crippen molar-refractivity contribution in [2.24, 2.45) is 7.05 Å². The quantitative estimate of drug-likeness (QED) is 0.804. The minimum absolute atomic E-state index is 0.0806. The van der Waals surface area contributed by atoms with E-state index in [0.717, 1.165) is 23.4 Å². The smallest absolute Gasteiger partial charge is 0.243 e. The van der Waals surface area contributed by atoms with Crippen LogP contribution in [-0.2, 0) is 30.0 Å². The first kappa shape index (κ1) is 18.3. The molecule has 0 fully saturated rings. The Labute approximate surface area is 146 Å². The molecule has 0 saturated carbocycles. The molecule has 0 atom stereocenters. The second-order valence-electron chi connectivity index (χ2n) is 5.35. The third-order valence-corrected chi connectivity index (χ3v) is 5.95. The molecule has 0 amide bonds. The minimum atomic E-state index is -3.69. The summed E-state index contributed by atoms with van der Waals surface area (Å²) in [5, 5.41) is 4.95. The molecule has 8 heteroatoms. The summed E-state index contributed by atoms with van der Waals surface area (Å²) in [6, 6.07) is 4.30. The first-order valence-corrected chi connectivity index (χ1v) is 9.30. The summed E-state index contributed by atoms with van der Waals surface area (Å²) in [5.74, 6) is 0. The van der Waals surface area contributed by atoms with Crippen LogP contribution in [0.1, 0.15) is 23.9 Å². The highest BCUT2D eigenvalue weighted by molar-refractivity contribution is 7.89. The van der Waals surface area contributed by atoms with Gasteiger partial charge in [0.05, 0.1) is 10.6 Å². The van der Waals surface area contributed by atoms with Crippen molar-refractivity contribution < 1.29 is 8.42 Å². The molecule has 23 heavy (non-hydrogen) atoms. The molecule has 2 aromatic rings. The lowest BCUT2D eigenvalue weighted by Gasteiger charge is -2.18. The van der Waals surface area contributed by atoms with Crippen molar-refractivity contribution in [1.29, 1.82) is 0 Å². The van der Waals surface area contributed by atoms with Crippen molar-refractivity contribution in [1.82, 2.24) is 14.1 Å². The van der Waals surface area contributed by atoms with Gasteiger partial charge >= 0.3 is 0 Å². The fraction of sp³-hybridized carbons (Fsp3) is 0.400. The van der Waals surface area contributed by atoms with Gasteiger partial charge in [0.25, 0.3) is 0 Å². The predicted molar refractivity (Wildman–Crippen MR) is 92.4 cm³/mol. The van der Waals surface area contributed by atoms with Gasteiger partial charge in [0, 0.05) is 41.9 Å². The molecule has 1 aromatic heterocycles. The molecule has 0 unspecified atom stereocenters. The number of halogens is 2. The van der Waals surface area contributed by atoms with Crippen LogP contribution in [-0.4, -0.2) is 29.6 Å². The van der Waals surface area contributed by atoms with E-state index < -0.39 is 10.0 Å². The van der Waals surface area contributed by atoms with Gasteiger partial charge in [-0.25, -0.2) is 8.42 Å². The van der Waals surface area contributed by atoms with E-state index in [4.69, 9.17) is 23.2 Å². The number of aromatic nitrogens is 2. The van der Waals surface area contributed by atoms with Gasteiger partial charge in [-0.15, -0.1) is 0 Å². The topological polar surface area (TPSA) is 55.2 Å². The van der Waals surface area contributed by atoms with E-state index in [0.29, 0.717) is 0 Å². The zero-order valence-electron chi connectivity index (χ0n) is 13.5. The van der Waals surface area contributed by atoms with Gasteiger partial charge in [-0.3, -0.25) is 4.68 Å². The van der Waals surface area contributed by atoms with Crippen molar-refractivity contribution >= 4 is 33.2 Å². The van der Waals surface area contributed by atoms with E-state index in [1.807, 2.05) is 20.9 Å². The number of sulfonamides is 1. The summed E-state index contributed by atoms with van der Waals surface area (Å²) in [7, 11) is -0.288. The monoisotopic (exact) mass is 375 g/mol. The lowest BCUT2D eigenvalue weighted by molar-refractivity contribution is 0.464. The molecule has 0 N–H and O–H groups in total. The zero-order valence-corrected chi connectivity index (χ0v) is 15.8. The molecular weight excluding hydrogens is 357 g/mol. The average Bonchev–Trinajstić information content (AvgIpc) is 2.71. The minimum Gasteiger partial charge on any atom is -0.272 e. The van der Waals surface area contributed by atoms with Crippen LogP contribution in [0.2, 0.25) is 10.0 Å². The maximum absolute atomic E-state index is 12.7. The van der Waals surface area contributed by atoms with Crippen molar-refractivity contribution in [3.63, 3.8) is 0 Å². The summed E-state index contributed by atoms with van der Waals surface area (Å²) in [4.78, 5) is 0.0806. The van der Waals surface area contributed by atoms with Crippen molar-refractivity contribution in [2.45, 2.75) is 31.7 Å². The Bertz CT molecular complexity index is 811. The van der Waals surface area contributed by atoms with Crippen LogP contribution in [0.4, 0.5) is 0 Å². The van der Waals surface area contributed by atoms with Crippen molar-refractivity contribution in [2.75, 3.05) is 7.05 Å². The second kappa shape index (κ2) is 6.81. The molecule has 0 aliphatic carbocycles. The predicted octanol–water partition coefficient (Wildman–Crippen LogP) is 3.42. The van der Waals surface area contributed by atoms with Crippen LogP contribution < -0.4 is 0 Å². The Morgan fingerprint density at radius 2 is 1.78 bits per heavy atom. The number of nitrogens with zero attached hydrogens (tertiary/aromatic N) is 3. The molecule has 0 bridgehead atoms. The second-order valence-corrected chi connectivity index (χ2v) is 8.27. The van der Waals surface area contributed by atoms with Gasteiger partial charge < -0.3 is 0 Å². The fourth-order valence-corrected chi connectivity index (χ4v) is 4.43. The number of rotatable bonds is 5. The van der Waals surface area contributed by atoms with Crippen LogP contribution in [0.3, 0.4) is 0 Å². The third kappa shape index (κ3) is 3.71. The molecule has 1 aromatic carbocycles. The Hall–Kier alpha value is -1.08. The van der Waals surface area contributed by atoms with Crippen molar-refractivity contribution in [3.8, 4) is 0 Å². The van der Waals surface area contributed by atoms with Crippen LogP contribution >= 0.6 is 23.2 Å². The summed E-state index contributed by atoms with van der Waals surface area (Å²) < 4.78 is 28.6. The molecule has 0 radical (unpaired) electrons. The van der Waals surface area contributed by atoms with E-state index in [1.165, 1.54) is 29.6 Å². The number of hydrogen-bond donors (Lipinski definition) is 0. The van der Waals surface area contributed by atoms with Gasteiger partial charge in [-0.2, -0.15) is 9.40 Å². The highest BCUT2D eigenvalue weighted by Crippen LogP contribution is 2.26. The van der Waals surface area contributed by atoms with E-state index in [9.17, 15) is 8.42 Å². The van der Waals surface area contributed by atoms with E-state index in [1.54, 1.807) is 4.68 Å². The van der Waals surface area contributed by atoms with Gasteiger partial charge in [-0.05, 0) is 31.5 Å². The van der Waals surface area contributed by atoms with Gasteiger partial charge in [0.1, 0.15) is 0 Å². The molecular formula is C15H19Cl2N3O2S. The van der Waals surface area contributed by atoms with Crippen LogP contribution in [0.25, 0.3) is 0 Å². The van der Waals surface area contributed by atoms with E-state index in [2.05, 4.69) is 5.10 Å². The number of benzene rings is 1. The standard InChI is InChI=1S/C15H19Cl2N3O2S/c1-5-15-14(10(2)18-20(15)4)9-19(3)23(21,22)13-7-11(16)6-12(17)8-13/h6-8H,5,9H2,1-4H3. The summed E-state index contributed by atoms with van der Waals surface area (Å²) in [6.07, 6.45) is 0.781. The molecule has 2 rings (SSSR count). The van der Waals surface area contributed by atoms with Crippen LogP contribution in [0, 0.1) is 6.92 Å². The number of hydrogen-bond acceptors (Lipinski definition) is 3. The Balaban J connectivity index is 2.38. The van der Waals surface area contributed by atoms with Gasteiger partial charge in [0.15, 0.2) is 0 Å². The summed E-state index contributed by atoms with van der Waals surface area (Å²) >= 11 is 11.8. The Kier molecular flexibility index (Phi) is 5.41. The fourth-order valence-electron chi connectivity index (χ4n) is 2.56. The van der Waals surface area contributed by atoms with E-state index >= 15 is 0 Å². The summed E-state index contributed by atoms with van der Waals surface area (Å²) in [6.45, 7) is 4.14. The SMILES string of the molecule is CCc1c(CN(C)S(=O)(=O)c2cc(Cl)cc(Cl)c2)c(C)nn1C. The Morgan fingerprint density at radius 3 is 2.30 bits per heavy atom. The van der Waals surface area contributed by atoms with Crippen molar-refractivity contribution in [3.05, 3.63) is 45.2 Å². The normalized spacial score (nSPS) is 12.1. The first-order valence-electron chi connectivity index (χ1n) is 7.10. The molecule has 0 saturated heterocycles. The highest BCUT2D eigenvalue weighted by Gasteiger charge is 2.24. The lowest BCUT2D eigenvalue weighted by atomic mass is 10.1. The zero-order chi connectivity index (χ0) is 17.4. The van der Waals surface area contributed by atoms with Crippen LogP contribution in [0.15, 0.2) is 23.1 Å². The van der Waals surface area contributed by atoms with Gasteiger partial charge in [0.2, 0.25) is 10.0 Å². The molecule has 1 heterocycles. The molecule has 0 spiro atoms. The summed E-state index contributed by atoms with van der Waals surface area (Å²) in [5.41, 5.74) is 2.78.